The van der Waals surface area contributed by atoms with Crippen LogP contribution in [0.2, 0.25) is 0 Å². The summed E-state index contributed by atoms with van der Waals surface area (Å²) in [4.78, 5) is 2.58. The van der Waals surface area contributed by atoms with Crippen LogP contribution in [0.5, 0.6) is 0 Å². The van der Waals surface area contributed by atoms with Gasteiger partial charge in [0.05, 0.1) is 6.04 Å². The SMILES string of the molecule is CC(C)(C)CN1CCC[C@H](n2cccn2)C1. The van der Waals surface area contributed by atoms with Crippen molar-refractivity contribution < 1.29 is 0 Å². The second kappa shape index (κ2) is 4.58. The van der Waals surface area contributed by atoms with Crippen LogP contribution in [0.3, 0.4) is 0 Å². The Morgan fingerprint density at radius 1 is 1.38 bits per heavy atom. The number of likely N-dealkylation sites (tertiary alicyclic amines) is 1. The zero-order chi connectivity index (χ0) is 11.6. The molecule has 3 heteroatoms. The molecule has 1 aromatic heterocycles. The molecule has 1 aliphatic heterocycles. The quantitative estimate of drug-likeness (QED) is 0.765. The summed E-state index contributed by atoms with van der Waals surface area (Å²) in [6.07, 6.45) is 6.52. The van der Waals surface area contributed by atoms with Gasteiger partial charge in [-0.1, -0.05) is 20.8 Å². The summed E-state index contributed by atoms with van der Waals surface area (Å²) < 4.78 is 2.12. The molecule has 0 bridgehead atoms. The molecule has 2 heterocycles. The van der Waals surface area contributed by atoms with Gasteiger partial charge >= 0.3 is 0 Å². The minimum Gasteiger partial charge on any atom is -0.301 e. The highest BCUT2D eigenvalue weighted by Crippen LogP contribution is 2.24. The maximum Gasteiger partial charge on any atom is 0.0646 e. The first kappa shape index (κ1) is 11.6. The van der Waals surface area contributed by atoms with Crippen molar-refractivity contribution in [2.45, 2.75) is 39.7 Å². The van der Waals surface area contributed by atoms with E-state index in [9.17, 15) is 0 Å². The summed E-state index contributed by atoms with van der Waals surface area (Å²) >= 11 is 0. The maximum atomic E-state index is 4.36. The van der Waals surface area contributed by atoms with Crippen LogP contribution >= 0.6 is 0 Å². The molecule has 2 rings (SSSR count). The normalized spacial score (nSPS) is 23.6. The van der Waals surface area contributed by atoms with Gasteiger partial charge in [-0.2, -0.15) is 5.10 Å². The third-order valence-electron chi connectivity index (χ3n) is 3.08. The molecule has 0 N–H and O–H groups in total. The first-order valence-corrected chi connectivity index (χ1v) is 6.26. The molecule has 1 aliphatic rings. The van der Waals surface area contributed by atoms with Crippen molar-refractivity contribution in [1.82, 2.24) is 14.7 Å². The van der Waals surface area contributed by atoms with E-state index in [0.29, 0.717) is 11.5 Å². The summed E-state index contributed by atoms with van der Waals surface area (Å²) in [5.74, 6) is 0. The molecule has 0 amide bonds. The fourth-order valence-electron chi connectivity index (χ4n) is 2.56. The smallest absolute Gasteiger partial charge is 0.0646 e. The zero-order valence-electron chi connectivity index (χ0n) is 10.7. The van der Waals surface area contributed by atoms with E-state index in [1.165, 1.54) is 25.9 Å². The summed E-state index contributed by atoms with van der Waals surface area (Å²) in [6.45, 7) is 10.5. The number of hydrogen-bond acceptors (Lipinski definition) is 2. The average Bonchev–Trinajstić information content (AvgIpc) is 2.68. The van der Waals surface area contributed by atoms with Gasteiger partial charge in [0.25, 0.3) is 0 Å². The molecular formula is C13H23N3. The molecule has 1 saturated heterocycles. The van der Waals surface area contributed by atoms with Gasteiger partial charge in [-0.05, 0) is 30.9 Å². The predicted molar refractivity (Wildman–Crippen MR) is 66.4 cm³/mol. The van der Waals surface area contributed by atoms with Gasteiger partial charge in [0.1, 0.15) is 0 Å². The van der Waals surface area contributed by atoms with Gasteiger partial charge in [-0.25, -0.2) is 0 Å². The molecule has 0 spiro atoms. The standard InChI is InChI=1S/C13H23N3/c1-13(2,3)11-15-8-4-6-12(10-15)16-9-5-7-14-16/h5,7,9,12H,4,6,8,10-11H2,1-3H3/t12-/m0/s1. The summed E-state index contributed by atoms with van der Waals surface area (Å²) in [5, 5.41) is 4.36. The van der Waals surface area contributed by atoms with Crippen LogP contribution in [0, 0.1) is 5.41 Å². The predicted octanol–water partition coefficient (Wildman–Crippen LogP) is 2.57. The molecule has 3 nitrogen and oxygen atoms in total. The summed E-state index contributed by atoms with van der Waals surface area (Å²) in [7, 11) is 0. The molecular weight excluding hydrogens is 198 g/mol. The lowest BCUT2D eigenvalue weighted by Crippen LogP contribution is -2.41. The van der Waals surface area contributed by atoms with Gasteiger partial charge in [-0.15, -0.1) is 0 Å². The molecule has 0 radical (unpaired) electrons. The van der Waals surface area contributed by atoms with E-state index in [1.54, 1.807) is 0 Å². The Bertz CT molecular complexity index is 310. The Morgan fingerprint density at radius 3 is 2.81 bits per heavy atom. The summed E-state index contributed by atoms with van der Waals surface area (Å²) in [6, 6.07) is 2.59. The molecule has 1 aromatic rings. The minimum atomic E-state index is 0.395. The Kier molecular flexibility index (Phi) is 3.33. The third-order valence-corrected chi connectivity index (χ3v) is 3.08. The first-order chi connectivity index (χ1) is 7.54. The van der Waals surface area contributed by atoms with E-state index >= 15 is 0 Å². The van der Waals surface area contributed by atoms with Crippen molar-refractivity contribution in [3.8, 4) is 0 Å². The van der Waals surface area contributed by atoms with Gasteiger partial charge in [0.15, 0.2) is 0 Å². The Morgan fingerprint density at radius 2 is 2.19 bits per heavy atom. The van der Waals surface area contributed by atoms with Crippen LogP contribution < -0.4 is 0 Å². The van der Waals surface area contributed by atoms with E-state index in [2.05, 4.69) is 41.6 Å². The molecule has 0 unspecified atom stereocenters. The number of piperidine rings is 1. The lowest BCUT2D eigenvalue weighted by atomic mass is 9.94. The molecule has 16 heavy (non-hydrogen) atoms. The molecule has 1 fully saturated rings. The third kappa shape index (κ3) is 3.08. The lowest BCUT2D eigenvalue weighted by Gasteiger charge is -2.36. The highest BCUT2D eigenvalue weighted by Gasteiger charge is 2.24. The zero-order valence-corrected chi connectivity index (χ0v) is 10.7. The highest BCUT2D eigenvalue weighted by molar-refractivity contribution is 4.85. The number of hydrogen-bond donors (Lipinski definition) is 0. The number of rotatable bonds is 2. The van der Waals surface area contributed by atoms with Gasteiger partial charge < -0.3 is 4.90 Å². The van der Waals surface area contributed by atoms with Crippen molar-refractivity contribution in [3.05, 3.63) is 18.5 Å². The van der Waals surface area contributed by atoms with Crippen molar-refractivity contribution in [1.29, 1.82) is 0 Å². The van der Waals surface area contributed by atoms with E-state index in [1.807, 2.05) is 12.3 Å². The fourth-order valence-corrected chi connectivity index (χ4v) is 2.56. The van der Waals surface area contributed by atoms with Crippen LogP contribution in [-0.4, -0.2) is 34.3 Å². The van der Waals surface area contributed by atoms with Crippen LogP contribution in [0.1, 0.15) is 39.7 Å². The minimum absolute atomic E-state index is 0.395. The topological polar surface area (TPSA) is 21.1 Å². The Labute approximate surface area is 98.4 Å². The van der Waals surface area contributed by atoms with E-state index < -0.39 is 0 Å². The second-order valence-corrected chi connectivity index (χ2v) is 6.08. The van der Waals surface area contributed by atoms with Crippen molar-refractivity contribution in [2.75, 3.05) is 19.6 Å². The van der Waals surface area contributed by atoms with Gasteiger partial charge in [0, 0.05) is 25.5 Å². The molecule has 90 valence electrons. The van der Waals surface area contributed by atoms with Crippen molar-refractivity contribution in [2.24, 2.45) is 5.41 Å². The van der Waals surface area contributed by atoms with Crippen molar-refractivity contribution in [3.63, 3.8) is 0 Å². The monoisotopic (exact) mass is 221 g/mol. The van der Waals surface area contributed by atoms with Gasteiger partial charge in [0.2, 0.25) is 0 Å². The Hall–Kier alpha value is -0.830. The summed E-state index contributed by atoms with van der Waals surface area (Å²) in [5.41, 5.74) is 0.395. The van der Waals surface area contributed by atoms with Gasteiger partial charge in [-0.3, -0.25) is 4.68 Å². The van der Waals surface area contributed by atoms with E-state index in [4.69, 9.17) is 0 Å². The molecule has 1 atom stereocenters. The van der Waals surface area contributed by atoms with Crippen LogP contribution in [0.4, 0.5) is 0 Å². The van der Waals surface area contributed by atoms with Crippen LogP contribution in [-0.2, 0) is 0 Å². The highest BCUT2D eigenvalue weighted by atomic mass is 15.3. The molecule has 0 aliphatic carbocycles. The second-order valence-electron chi connectivity index (χ2n) is 6.08. The fraction of sp³-hybridized carbons (Fsp3) is 0.769. The number of nitrogens with zero attached hydrogens (tertiary/aromatic N) is 3. The average molecular weight is 221 g/mol. The Balaban J connectivity index is 1.94. The number of aromatic nitrogens is 2. The molecule has 0 saturated carbocycles. The molecule has 0 aromatic carbocycles. The van der Waals surface area contributed by atoms with Crippen molar-refractivity contribution >= 4 is 0 Å². The first-order valence-electron chi connectivity index (χ1n) is 6.26. The maximum absolute atomic E-state index is 4.36. The van der Waals surface area contributed by atoms with E-state index in [-0.39, 0.29) is 0 Å². The van der Waals surface area contributed by atoms with E-state index in [0.717, 1.165) is 6.54 Å². The largest absolute Gasteiger partial charge is 0.301 e. The van der Waals surface area contributed by atoms with Crippen LogP contribution in [0.15, 0.2) is 18.5 Å². The lowest BCUT2D eigenvalue weighted by molar-refractivity contribution is 0.126. The van der Waals surface area contributed by atoms with Crippen LogP contribution in [0.25, 0.3) is 0 Å².